The van der Waals surface area contributed by atoms with E-state index in [4.69, 9.17) is 32.4 Å². The van der Waals surface area contributed by atoms with E-state index in [1.54, 1.807) is 42.5 Å². The Labute approximate surface area is 157 Å². The quantitative estimate of drug-likeness (QED) is 0.671. The molecule has 1 amide bonds. The molecular weight excluding hydrogens is 383 g/mol. The summed E-state index contributed by atoms with van der Waals surface area (Å²) in [5.41, 5.74) is 1.05. The lowest BCUT2D eigenvalue weighted by atomic mass is 10.3. The van der Waals surface area contributed by atoms with Gasteiger partial charge >= 0.3 is 11.7 Å². The first-order chi connectivity index (χ1) is 12.5. The Morgan fingerprint density at radius 3 is 2.50 bits per heavy atom. The fraction of sp³-hybridized carbons (Fsp3) is 0.118. The highest BCUT2D eigenvalue weighted by molar-refractivity contribution is 6.39. The number of halogens is 2. The third-order valence-corrected chi connectivity index (χ3v) is 4.08. The zero-order valence-electron chi connectivity index (χ0n) is 13.2. The topological polar surface area (TPSA) is 90.5 Å². The third kappa shape index (κ3) is 3.89. The number of carbonyl (C=O) groups is 2. The number of para-hydroxylation sites is 3. The maximum Gasteiger partial charge on any atom is 0.420 e. The maximum absolute atomic E-state index is 11.9. The van der Waals surface area contributed by atoms with E-state index in [0.29, 0.717) is 11.1 Å². The van der Waals surface area contributed by atoms with Crippen molar-refractivity contribution in [1.29, 1.82) is 0 Å². The molecule has 0 saturated carbocycles. The van der Waals surface area contributed by atoms with Gasteiger partial charge in [-0.1, -0.05) is 41.4 Å². The highest BCUT2D eigenvalue weighted by atomic mass is 35.5. The molecule has 0 bridgehead atoms. The Kier molecular flexibility index (Phi) is 5.29. The molecule has 0 aliphatic carbocycles. The third-order valence-electron chi connectivity index (χ3n) is 3.45. The average molecular weight is 395 g/mol. The number of rotatable bonds is 5. The number of aromatic nitrogens is 1. The number of amides is 1. The molecule has 134 valence electrons. The number of carbonyl (C=O) groups excluding carboxylic acids is 2. The van der Waals surface area contributed by atoms with E-state index in [9.17, 15) is 14.4 Å². The van der Waals surface area contributed by atoms with Crippen LogP contribution in [-0.4, -0.2) is 23.1 Å². The van der Waals surface area contributed by atoms with Crippen LogP contribution in [0.4, 0.5) is 5.69 Å². The van der Waals surface area contributed by atoms with Crippen molar-refractivity contribution in [2.24, 2.45) is 0 Å². The maximum atomic E-state index is 11.9. The highest BCUT2D eigenvalue weighted by Crippen LogP contribution is 2.29. The van der Waals surface area contributed by atoms with E-state index in [1.807, 2.05) is 0 Å². The van der Waals surface area contributed by atoms with Crippen LogP contribution in [0.2, 0.25) is 10.0 Å². The molecule has 9 heteroatoms. The minimum atomic E-state index is -0.765. The Balaban J connectivity index is 1.61. The fourth-order valence-electron chi connectivity index (χ4n) is 2.28. The summed E-state index contributed by atoms with van der Waals surface area (Å²) in [6, 6.07) is 11.4. The minimum absolute atomic E-state index is 0.230. The van der Waals surface area contributed by atoms with Gasteiger partial charge in [-0.15, -0.1) is 0 Å². The number of ether oxygens (including phenoxy) is 1. The van der Waals surface area contributed by atoms with E-state index < -0.39 is 24.2 Å². The summed E-state index contributed by atoms with van der Waals surface area (Å²) < 4.78 is 11.0. The van der Waals surface area contributed by atoms with E-state index in [2.05, 4.69) is 5.32 Å². The Bertz CT molecular complexity index is 1020. The van der Waals surface area contributed by atoms with Gasteiger partial charge in [-0.3, -0.25) is 14.2 Å². The molecule has 0 aliphatic rings. The number of nitrogens with one attached hydrogen (secondary N) is 1. The molecule has 0 radical (unpaired) electrons. The number of esters is 1. The smallest absolute Gasteiger partial charge is 0.420 e. The van der Waals surface area contributed by atoms with E-state index in [-0.39, 0.29) is 22.3 Å². The van der Waals surface area contributed by atoms with Crippen LogP contribution in [0.1, 0.15) is 0 Å². The second kappa shape index (κ2) is 7.63. The molecule has 1 heterocycles. The highest BCUT2D eigenvalue weighted by Gasteiger charge is 2.15. The van der Waals surface area contributed by atoms with Crippen molar-refractivity contribution in [1.82, 2.24) is 4.57 Å². The van der Waals surface area contributed by atoms with Crippen molar-refractivity contribution in [3.05, 3.63) is 63.1 Å². The van der Waals surface area contributed by atoms with Crippen LogP contribution in [-0.2, 0) is 20.9 Å². The Morgan fingerprint density at radius 1 is 1.08 bits per heavy atom. The Morgan fingerprint density at radius 2 is 1.77 bits per heavy atom. The second-order valence-corrected chi connectivity index (χ2v) is 6.04. The lowest BCUT2D eigenvalue weighted by Gasteiger charge is -2.09. The van der Waals surface area contributed by atoms with Gasteiger partial charge in [0, 0.05) is 0 Å². The molecule has 2 aromatic carbocycles. The van der Waals surface area contributed by atoms with Gasteiger partial charge in [0.1, 0.15) is 6.54 Å². The number of oxazole rings is 1. The Hall–Kier alpha value is -2.77. The first kappa shape index (κ1) is 18.0. The number of nitrogens with zero attached hydrogens (tertiary/aromatic N) is 1. The molecule has 26 heavy (non-hydrogen) atoms. The first-order valence-corrected chi connectivity index (χ1v) is 8.19. The van der Waals surface area contributed by atoms with Crippen LogP contribution in [0.25, 0.3) is 11.1 Å². The molecule has 0 unspecified atom stereocenters. The van der Waals surface area contributed by atoms with Crippen molar-refractivity contribution in [2.75, 3.05) is 11.9 Å². The molecule has 7 nitrogen and oxygen atoms in total. The number of hydrogen-bond donors (Lipinski definition) is 1. The first-order valence-electron chi connectivity index (χ1n) is 7.43. The average Bonchev–Trinajstić information content (AvgIpc) is 2.92. The van der Waals surface area contributed by atoms with Gasteiger partial charge < -0.3 is 14.5 Å². The molecule has 3 aromatic rings. The minimum Gasteiger partial charge on any atom is -0.454 e. The zero-order chi connectivity index (χ0) is 18.7. The molecule has 1 aromatic heterocycles. The second-order valence-electron chi connectivity index (χ2n) is 5.23. The van der Waals surface area contributed by atoms with Crippen LogP contribution in [0.5, 0.6) is 0 Å². The molecular formula is C17H12Cl2N2O5. The van der Waals surface area contributed by atoms with Crippen LogP contribution in [0.3, 0.4) is 0 Å². The molecule has 0 fully saturated rings. The largest absolute Gasteiger partial charge is 0.454 e. The van der Waals surface area contributed by atoms with Crippen LogP contribution in [0, 0.1) is 0 Å². The van der Waals surface area contributed by atoms with Crippen molar-refractivity contribution >= 4 is 51.9 Å². The van der Waals surface area contributed by atoms with E-state index >= 15 is 0 Å². The molecule has 0 spiro atoms. The van der Waals surface area contributed by atoms with Crippen molar-refractivity contribution in [2.45, 2.75) is 6.54 Å². The van der Waals surface area contributed by atoms with Crippen LogP contribution in [0.15, 0.2) is 51.7 Å². The van der Waals surface area contributed by atoms with Gasteiger partial charge in [0.15, 0.2) is 12.2 Å². The number of anilines is 1. The molecule has 0 aliphatic heterocycles. The van der Waals surface area contributed by atoms with Gasteiger partial charge in [-0.2, -0.15) is 0 Å². The SMILES string of the molecule is O=C(COC(=O)Cn1c(=O)oc2ccccc21)Nc1c(Cl)cccc1Cl. The summed E-state index contributed by atoms with van der Waals surface area (Å²) in [6.07, 6.45) is 0. The summed E-state index contributed by atoms with van der Waals surface area (Å²) in [5, 5.41) is 2.98. The van der Waals surface area contributed by atoms with Crippen molar-refractivity contribution in [3.8, 4) is 0 Å². The zero-order valence-corrected chi connectivity index (χ0v) is 14.7. The standard InChI is InChI=1S/C17H12Cl2N2O5/c18-10-4-3-5-11(19)16(10)20-14(22)9-25-15(23)8-21-12-6-1-2-7-13(12)26-17(21)24/h1-7H,8-9H2,(H,20,22). The normalized spacial score (nSPS) is 10.7. The van der Waals surface area contributed by atoms with Crippen molar-refractivity contribution < 1.29 is 18.7 Å². The summed E-state index contributed by atoms with van der Waals surface area (Å²) in [5.74, 6) is -2.06. The van der Waals surface area contributed by atoms with Crippen molar-refractivity contribution in [3.63, 3.8) is 0 Å². The molecule has 1 N–H and O–H groups in total. The monoisotopic (exact) mass is 394 g/mol. The number of benzene rings is 2. The lowest BCUT2D eigenvalue weighted by Crippen LogP contribution is -2.26. The molecule has 0 saturated heterocycles. The van der Waals surface area contributed by atoms with Crippen LogP contribution < -0.4 is 11.1 Å². The van der Waals surface area contributed by atoms with Gasteiger partial charge in [0.05, 0.1) is 21.2 Å². The summed E-state index contributed by atoms with van der Waals surface area (Å²) >= 11 is 11.9. The number of fused-ring (bicyclic) bond motifs is 1. The molecule has 3 rings (SSSR count). The predicted molar refractivity (Wildman–Crippen MR) is 96.5 cm³/mol. The van der Waals surface area contributed by atoms with Gasteiger partial charge in [-0.05, 0) is 24.3 Å². The fourth-order valence-corrected chi connectivity index (χ4v) is 2.77. The van der Waals surface area contributed by atoms with E-state index in [0.717, 1.165) is 4.57 Å². The van der Waals surface area contributed by atoms with Gasteiger partial charge in [0.25, 0.3) is 5.91 Å². The number of hydrogen-bond acceptors (Lipinski definition) is 5. The van der Waals surface area contributed by atoms with Gasteiger partial charge in [0.2, 0.25) is 0 Å². The lowest BCUT2D eigenvalue weighted by molar-refractivity contribution is -0.147. The van der Waals surface area contributed by atoms with Crippen LogP contribution >= 0.6 is 23.2 Å². The van der Waals surface area contributed by atoms with Gasteiger partial charge in [-0.25, -0.2) is 4.79 Å². The summed E-state index contributed by atoms with van der Waals surface area (Å²) in [4.78, 5) is 35.7. The van der Waals surface area contributed by atoms with E-state index in [1.165, 1.54) is 0 Å². The molecule has 0 atom stereocenters. The summed E-state index contributed by atoms with van der Waals surface area (Å²) in [6.45, 7) is -0.930. The predicted octanol–water partition coefficient (Wildman–Crippen LogP) is 3.08. The summed E-state index contributed by atoms with van der Waals surface area (Å²) in [7, 11) is 0.